The number of carbonyl (C=O) groups is 2. The summed E-state index contributed by atoms with van der Waals surface area (Å²) in [6.07, 6.45) is 2.06. The molecule has 1 unspecified atom stereocenters. The number of rotatable bonds is 7. The van der Waals surface area contributed by atoms with Crippen molar-refractivity contribution in [2.24, 2.45) is 0 Å². The number of hydrogen-bond acceptors (Lipinski definition) is 8. The van der Waals surface area contributed by atoms with E-state index in [9.17, 15) is 9.59 Å². The SMILES string of the molecule is CCC(=O)CCC1Oc2cc(Nc3nc(N4CCN(C)CC4)ncc3Cl)ccc2N(C)C1=O. The zero-order valence-electron chi connectivity index (χ0n) is 19.2. The zero-order chi connectivity index (χ0) is 23.5. The first-order chi connectivity index (χ1) is 15.9. The molecule has 10 heteroatoms. The highest BCUT2D eigenvalue weighted by atomic mass is 35.5. The first-order valence-corrected chi connectivity index (χ1v) is 11.6. The highest BCUT2D eigenvalue weighted by Crippen LogP contribution is 2.37. The molecule has 1 atom stereocenters. The van der Waals surface area contributed by atoms with Crippen LogP contribution in [0.3, 0.4) is 0 Å². The van der Waals surface area contributed by atoms with E-state index in [0.717, 1.165) is 31.9 Å². The lowest BCUT2D eigenvalue weighted by atomic mass is 10.1. The van der Waals surface area contributed by atoms with Gasteiger partial charge in [0.1, 0.15) is 16.6 Å². The number of hydrogen-bond donors (Lipinski definition) is 1. The van der Waals surface area contributed by atoms with Crippen molar-refractivity contribution in [3.63, 3.8) is 0 Å². The van der Waals surface area contributed by atoms with Crippen molar-refractivity contribution in [3.8, 4) is 5.75 Å². The van der Waals surface area contributed by atoms with Crippen LogP contribution < -0.4 is 19.9 Å². The Bertz CT molecular complexity index is 1040. The van der Waals surface area contributed by atoms with Gasteiger partial charge in [0.25, 0.3) is 5.91 Å². The fraction of sp³-hybridized carbons (Fsp3) is 0.478. The molecule has 33 heavy (non-hydrogen) atoms. The number of Topliss-reactive ketones (excluding diaryl/α,β-unsaturated/α-hetero) is 1. The summed E-state index contributed by atoms with van der Waals surface area (Å²) < 4.78 is 5.99. The number of nitrogens with one attached hydrogen (secondary N) is 1. The van der Waals surface area contributed by atoms with Gasteiger partial charge >= 0.3 is 0 Å². The highest BCUT2D eigenvalue weighted by Gasteiger charge is 2.32. The van der Waals surface area contributed by atoms with Crippen LogP contribution in [0.15, 0.2) is 24.4 Å². The minimum absolute atomic E-state index is 0.116. The van der Waals surface area contributed by atoms with Crippen LogP contribution in [0.2, 0.25) is 5.02 Å². The molecule has 1 N–H and O–H groups in total. The normalized spacial score (nSPS) is 18.7. The Kier molecular flexibility index (Phi) is 6.99. The maximum absolute atomic E-state index is 12.6. The van der Waals surface area contributed by atoms with Crippen molar-refractivity contribution < 1.29 is 14.3 Å². The largest absolute Gasteiger partial charge is 0.478 e. The maximum Gasteiger partial charge on any atom is 0.267 e. The summed E-state index contributed by atoms with van der Waals surface area (Å²) in [5.74, 6) is 1.68. The van der Waals surface area contributed by atoms with Crippen LogP contribution >= 0.6 is 11.6 Å². The predicted octanol–water partition coefficient (Wildman–Crippen LogP) is 3.11. The molecule has 3 heterocycles. The van der Waals surface area contributed by atoms with Gasteiger partial charge in [-0.05, 0) is 19.2 Å². The van der Waals surface area contributed by atoms with Crippen LogP contribution in [0.1, 0.15) is 26.2 Å². The molecule has 176 valence electrons. The highest BCUT2D eigenvalue weighted by molar-refractivity contribution is 6.32. The zero-order valence-corrected chi connectivity index (χ0v) is 19.9. The Hall–Kier alpha value is -2.91. The summed E-state index contributed by atoms with van der Waals surface area (Å²) in [6.45, 7) is 5.43. The summed E-state index contributed by atoms with van der Waals surface area (Å²) in [5.41, 5.74) is 1.40. The monoisotopic (exact) mass is 472 g/mol. The molecule has 1 aromatic heterocycles. The number of halogens is 1. The lowest BCUT2D eigenvalue weighted by molar-refractivity contribution is -0.127. The predicted molar refractivity (Wildman–Crippen MR) is 129 cm³/mol. The number of piperazine rings is 1. The van der Waals surface area contributed by atoms with Crippen molar-refractivity contribution in [3.05, 3.63) is 29.4 Å². The molecule has 1 fully saturated rings. The van der Waals surface area contributed by atoms with E-state index in [-0.39, 0.29) is 11.7 Å². The van der Waals surface area contributed by atoms with Crippen LogP contribution in [0, 0.1) is 0 Å². The molecule has 0 aliphatic carbocycles. The first-order valence-electron chi connectivity index (χ1n) is 11.2. The molecule has 0 spiro atoms. The Balaban J connectivity index is 1.52. The smallest absolute Gasteiger partial charge is 0.267 e. The van der Waals surface area contributed by atoms with Crippen molar-refractivity contribution in [1.82, 2.24) is 14.9 Å². The standard InChI is InChI=1S/C23H29ClN6O3/c1-4-16(31)6-8-19-22(32)29(3)18-7-5-15(13-20(18)33-19)26-21-17(24)14-25-23(27-21)30-11-9-28(2)10-12-30/h5,7,13-14,19H,4,6,8-12H2,1-3H3,(H,25,26,27). The van der Waals surface area contributed by atoms with Gasteiger partial charge in [0.2, 0.25) is 5.95 Å². The summed E-state index contributed by atoms with van der Waals surface area (Å²) in [4.78, 5) is 39.4. The second-order valence-electron chi connectivity index (χ2n) is 8.40. The Morgan fingerprint density at radius 2 is 2.00 bits per heavy atom. The minimum Gasteiger partial charge on any atom is -0.478 e. The molecule has 4 rings (SSSR count). The Morgan fingerprint density at radius 1 is 1.24 bits per heavy atom. The lowest BCUT2D eigenvalue weighted by Gasteiger charge is -2.32. The summed E-state index contributed by atoms with van der Waals surface area (Å²) in [6, 6.07) is 5.49. The molecular weight excluding hydrogens is 444 g/mol. The van der Waals surface area contributed by atoms with E-state index >= 15 is 0 Å². The van der Waals surface area contributed by atoms with Gasteiger partial charge in [-0.15, -0.1) is 0 Å². The molecular formula is C23H29ClN6O3. The van der Waals surface area contributed by atoms with E-state index in [1.165, 1.54) is 0 Å². The molecule has 2 aromatic rings. The first kappa shape index (κ1) is 23.3. The van der Waals surface area contributed by atoms with Crippen LogP contribution in [0.4, 0.5) is 23.1 Å². The fourth-order valence-electron chi connectivity index (χ4n) is 3.89. The number of nitrogens with zero attached hydrogens (tertiary/aromatic N) is 5. The van der Waals surface area contributed by atoms with Gasteiger partial charge in [-0.2, -0.15) is 4.98 Å². The average Bonchev–Trinajstić information content (AvgIpc) is 2.82. The molecule has 2 aliphatic heterocycles. The summed E-state index contributed by atoms with van der Waals surface area (Å²) in [7, 11) is 3.82. The van der Waals surface area contributed by atoms with Gasteiger partial charge in [-0.1, -0.05) is 18.5 Å². The van der Waals surface area contributed by atoms with Gasteiger partial charge in [-0.25, -0.2) is 4.98 Å². The van der Waals surface area contributed by atoms with Crippen molar-refractivity contribution in [2.75, 3.05) is 55.4 Å². The van der Waals surface area contributed by atoms with Gasteiger partial charge in [0, 0.05) is 64.2 Å². The molecule has 1 aromatic carbocycles. The van der Waals surface area contributed by atoms with E-state index < -0.39 is 6.10 Å². The molecule has 1 amide bonds. The third-order valence-electron chi connectivity index (χ3n) is 6.06. The van der Waals surface area contributed by atoms with E-state index in [1.807, 2.05) is 25.1 Å². The van der Waals surface area contributed by atoms with Gasteiger partial charge in [-0.3, -0.25) is 9.59 Å². The van der Waals surface area contributed by atoms with Crippen molar-refractivity contribution >= 4 is 46.4 Å². The summed E-state index contributed by atoms with van der Waals surface area (Å²) in [5, 5.41) is 3.66. The van der Waals surface area contributed by atoms with Gasteiger partial charge in [0.15, 0.2) is 11.9 Å². The van der Waals surface area contributed by atoms with Gasteiger partial charge < -0.3 is 24.8 Å². The number of ether oxygens (including phenoxy) is 1. The minimum atomic E-state index is -0.681. The van der Waals surface area contributed by atoms with E-state index in [0.29, 0.717) is 47.5 Å². The topological polar surface area (TPSA) is 90.9 Å². The quantitative estimate of drug-likeness (QED) is 0.657. The fourth-order valence-corrected chi connectivity index (χ4v) is 4.03. The number of carbonyl (C=O) groups excluding carboxylic acids is 2. The average molecular weight is 473 g/mol. The van der Waals surface area contributed by atoms with E-state index in [4.69, 9.17) is 16.3 Å². The lowest BCUT2D eigenvalue weighted by Crippen LogP contribution is -2.45. The van der Waals surface area contributed by atoms with Crippen molar-refractivity contribution in [1.29, 1.82) is 0 Å². The number of benzene rings is 1. The molecule has 0 radical (unpaired) electrons. The molecule has 0 bridgehead atoms. The number of ketones is 1. The maximum atomic E-state index is 12.6. The Morgan fingerprint density at radius 3 is 2.73 bits per heavy atom. The second-order valence-corrected chi connectivity index (χ2v) is 8.81. The summed E-state index contributed by atoms with van der Waals surface area (Å²) >= 11 is 6.37. The van der Waals surface area contributed by atoms with E-state index in [2.05, 4.69) is 32.1 Å². The Labute approximate surface area is 198 Å². The van der Waals surface area contributed by atoms with Gasteiger partial charge in [0.05, 0.1) is 11.9 Å². The number of likely N-dealkylation sites (N-methyl/N-ethyl adjacent to an activating group) is 2. The second kappa shape index (κ2) is 9.93. The van der Waals surface area contributed by atoms with Crippen LogP contribution in [-0.4, -0.2) is 72.9 Å². The van der Waals surface area contributed by atoms with Crippen LogP contribution in [-0.2, 0) is 9.59 Å². The molecule has 1 saturated heterocycles. The third-order valence-corrected chi connectivity index (χ3v) is 6.33. The third kappa shape index (κ3) is 5.20. The van der Waals surface area contributed by atoms with Crippen LogP contribution in [0.5, 0.6) is 5.75 Å². The number of amides is 1. The number of fused-ring (bicyclic) bond motifs is 1. The number of aromatic nitrogens is 2. The number of anilines is 4. The van der Waals surface area contributed by atoms with Crippen molar-refractivity contribution in [2.45, 2.75) is 32.3 Å². The van der Waals surface area contributed by atoms with Crippen LogP contribution in [0.25, 0.3) is 0 Å². The van der Waals surface area contributed by atoms with E-state index in [1.54, 1.807) is 18.1 Å². The molecule has 2 aliphatic rings. The molecule has 0 saturated carbocycles. The molecule has 9 nitrogen and oxygen atoms in total.